The lowest BCUT2D eigenvalue weighted by atomic mass is 9.97. The molecule has 0 atom stereocenters. The minimum Gasteiger partial charge on any atom is -0.377 e. The Balaban J connectivity index is 1.26. The third-order valence-corrected chi connectivity index (χ3v) is 10.4. The molecule has 48 heavy (non-hydrogen) atoms. The second-order valence-corrected chi connectivity index (χ2v) is 14.7. The zero-order valence-corrected chi connectivity index (χ0v) is 31.6. The molecule has 0 aliphatic rings. The summed E-state index contributed by atoms with van der Waals surface area (Å²) in [6, 6.07) is 18.1. The van der Waals surface area contributed by atoms with Crippen LogP contribution in [0.1, 0.15) is 192 Å². The highest BCUT2D eigenvalue weighted by molar-refractivity contribution is 6.00. The van der Waals surface area contributed by atoms with Gasteiger partial charge in [0, 0.05) is 13.2 Å². The van der Waals surface area contributed by atoms with Crippen molar-refractivity contribution in [2.24, 2.45) is 0 Å². The first kappa shape index (κ1) is 40.5. The van der Waals surface area contributed by atoms with Gasteiger partial charge in [-0.1, -0.05) is 204 Å². The molecule has 3 aromatic carbocycles. The molecule has 0 unspecified atom stereocenters. The van der Waals surface area contributed by atoms with Crippen molar-refractivity contribution < 1.29 is 9.47 Å². The predicted octanol–water partition coefficient (Wildman–Crippen LogP) is 15.2. The van der Waals surface area contributed by atoms with E-state index in [9.17, 15) is 0 Å². The Morgan fingerprint density at radius 1 is 0.354 bits per heavy atom. The van der Waals surface area contributed by atoms with E-state index in [2.05, 4.69) is 62.4 Å². The Hall–Kier alpha value is -1.90. The number of hydrogen-bond acceptors (Lipinski definition) is 2. The highest BCUT2D eigenvalue weighted by Gasteiger charge is 2.07. The number of unbranched alkanes of at least 4 members (excludes halogenated alkanes) is 24. The van der Waals surface area contributed by atoms with Gasteiger partial charge in [-0.3, -0.25) is 0 Å². The second kappa shape index (κ2) is 27.9. The lowest BCUT2D eigenvalue weighted by Crippen LogP contribution is -1.98. The summed E-state index contributed by atoms with van der Waals surface area (Å²) in [5.41, 5.74) is 2.60. The minimum atomic E-state index is 0.697. The summed E-state index contributed by atoms with van der Waals surface area (Å²) >= 11 is 0. The van der Waals surface area contributed by atoms with Gasteiger partial charge in [-0.15, -0.1) is 0 Å². The standard InChI is InChI=1S/C46H74O2/c1-3-5-7-9-11-13-15-17-19-21-23-25-27-35-47-39-43-33-29-31-41-38-46-42(37-45(41)43)32-30-34-44(46)40-48-36-28-26-24-22-20-18-16-14-12-10-8-6-4-2/h29-34,37-38H,3-28,35-36,39-40H2,1-2H3. The van der Waals surface area contributed by atoms with E-state index < -0.39 is 0 Å². The van der Waals surface area contributed by atoms with E-state index in [1.807, 2.05) is 0 Å². The molecule has 0 bridgehead atoms. The highest BCUT2D eigenvalue weighted by Crippen LogP contribution is 2.29. The SMILES string of the molecule is CCCCCCCCCCCCCCCOCc1cccc2cc3c(COCCCCCCCCCCCCCCC)cccc3cc12. The van der Waals surface area contributed by atoms with Gasteiger partial charge in [0.2, 0.25) is 0 Å². The van der Waals surface area contributed by atoms with Gasteiger partial charge in [0.15, 0.2) is 0 Å². The molecule has 2 nitrogen and oxygen atoms in total. The Kier molecular flexibility index (Phi) is 23.5. The van der Waals surface area contributed by atoms with Crippen molar-refractivity contribution in [2.45, 2.75) is 194 Å². The molecule has 0 aromatic heterocycles. The van der Waals surface area contributed by atoms with Crippen molar-refractivity contribution in [1.82, 2.24) is 0 Å². The summed E-state index contributed by atoms with van der Waals surface area (Å²) in [5, 5.41) is 5.24. The van der Waals surface area contributed by atoms with Gasteiger partial charge in [0.25, 0.3) is 0 Å². The van der Waals surface area contributed by atoms with Gasteiger partial charge in [-0.2, -0.15) is 0 Å². The quantitative estimate of drug-likeness (QED) is 0.0491. The van der Waals surface area contributed by atoms with Crippen molar-refractivity contribution in [3.05, 3.63) is 59.7 Å². The molecule has 0 aliphatic heterocycles. The number of fused-ring (bicyclic) bond motifs is 2. The van der Waals surface area contributed by atoms with Gasteiger partial charge in [-0.25, -0.2) is 0 Å². The summed E-state index contributed by atoms with van der Waals surface area (Å²) in [6.45, 7) is 7.71. The summed E-state index contributed by atoms with van der Waals surface area (Å²) in [6.07, 6.45) is 36.0. The third kappa shape index (κ3) is 17.7. The van der Waals surface area contributed by atoms with Crippen LogP contribution >= 0.6 is 0 Å². The number of benzene rings is 3. The van der Waals surface area contributed by atoms with Crippen molar-refractivity contribution in [1.29, 1.82) is 0 Å². The normalized spacial score (nSPS) is 11.7. The first-order valence-corrected chi connectivity index (χ1v) is 20.9. The molecular weight excluding hydrogens is 585 g/mol. The maximum Gasteiger partial charge on any atom is 0.0722 e. The zero-order valence-electron chi connectivity index (χ0n) is 31.6. The Morgan fingerprint density at radius 2 is 0.646 bits per heavy atom. The highest BCUT2D eigenvalue weighted by atomic mass is 16.5. The molecule has 0 amide bonds. The molecule has 0 spiro atoms. The molecule has 2 heteroatoms. The van der Waals surface area contributed by atoms with E-state index in [-0.39, 0.29) is 0 Å². The number of rotatable bonds is 32. The van der Waals surface area contributed by atoms with Gasteiger partial charge in [0.05, 0.1) is 13.2 Å². The summed E-state index contributed by atoms with van der Waals surface area (Å²) in [5.74, 6) is 0. The van der Waals surface area contributed by atoms with E-state index in [1.54, 1.807) is 0 Å². The molecule has 0 fully saturated rings. The number of ether oxygens (including phenoxy) is 2. The Labute approximate surface area is 297 Å². The lowest BCUT2D eigenvalue weighted by molar-refractivity contribution is 0.117. The Morgan fingerprint density at radius 3 is 0.958 bits per heavy atom. The topological polar surface area (TPSA) is 18.5 Å². The fraction of sp³-hybridized carbons (Fsp3) is 0.696. The molecule has 0 saturated carbocycles. The fourth-order valence-electron chi connectivity index (χ4n) is 7.24. The van der Waals surface area contributed by atoms with Gasteiger partial charge in [-0.05, 0) is 57.6 Å². The first-order valence-electron chi connectivity index (χ1n) is 20.9. The number of hydrogen-bond donors (Lipinski definition) is 0. The average Bonchev–Trinajstić information content (AvgIpc) is 3.11. The molecule has 0 heterocycles. The van der Waals surface area contributed by atoms with E-state index in [0.717, 1.165) is 13.2 Å². The minimum absolute atomic E-state index is 0.697. The fourth-order valence-corrected chi connectivity index (χ4v) is 7.24. The molecule has 0 radical (unpaired) electrons. The van der Waals surface area contributed by atoms with Crippen LogP contribution in [-0.2, 0) is 22.7 Å². The Bertz CT molecular complexity index is 1090. The summed E-state index contributed by atoms with van der Waals surface area (Å²) < 4.78 is 12.4. The average molecular weight is 659 g/mol. The van der Waals surface area contributed by atoms with Crippen LogP contribution in [0.25, 0.3) is 21.5 Å². The monoisotopic (exact) mass is 659 g/mol. The van der Waals surface area contributed by atoms with Crippen LogP contribution in [0.5, 0.6) is 0 Å². The van der Waals surface area contributed by atoms with Crippen molar-refractivity contribution in [3.63, 3.8) is 0 Å². The van der Waals surface area contributed by atoms with Gasteiger partial charge in [0.1, 0.15) is 0 Å². The smallest absolute Gasteiger partial charge is 0.0722 e. The van der Waals surface area contributed by atoms with Crippen LogP contribution in [0.3, 0.4) is 0 Å². The van der Waals surface area contributed by atoms with Crippen LogP contribution in [-0.4, -0.2) is 13.2 Å². The van der Waals surface area contributed by atoms with Crippen LogP contribution in [0.2, 0.25) is 0 Å². The molecule has 0 N–H and O–H groups in total. The molecule has 0 saturated heterocycles. The third-order valence-electron chi connectivity index (χ3n) is 10.4. The van der Waals surface area contributed by atoms with Crippen LogP contribution in [0.15, 0.2) is 48.5 Å². The van der Waals surface area contributed by atoms with E-state index >= 15 is 0 Å². The van der Waals surface area contributed by atoms with E-state index in [4.69, 9.17) is 9.47 Å². The zero-order chi connectivity index (χ0) is 33.7. The van der Waals surface area contributed by atoms with Crippen molar-refractivity contribution >= 4 is 21.5 Å². The largest absolute Gasteiger partial charge is 0.377 e. The van der Waals surface area contributed by atoms with Gasteiger partial charge < -0.3 is 9.47 Å². The van der Waals surface area contributed by atoms with E-state index in [0.29, 0.717) is 13.2 Å². The van der Waals surface area contributed by atoms with Crippen LogP contribution in [0, 0.1) is 0 Å². The first-order chi connectivity index (χ1) is 23.8. The van der Waals surface area contributed by atoms with Gasteiger partial charge >= 0.3 is 0 Å². The van der Waals surface area contributed by atoms with E-state index in [1.165, 1.54) is 200 Å². The molecule has 3 rings (SSSR count). The van der Waals surface area contributed by atoms with Crippen molar-refractivity contribution in [3.8, 4) is 0 Å². The maximum atomic E-state index is 6.18. The van der Waals surface area contributed by atoms with Crippen LogP contribution < -0.4 is 0 Å². The molecular formula is C46H74O2. The van der Waals surface area contributed by atoms with Crippen LogP contribution in [0.4, 0.5) is 0 Å². The van der Waals surface area contributed by atoms with Crippen molar-refractivity contribution in [2.75, 3.05) is 13.2 Å². The summed E-state index contributed by atoms with van der Waals surface area (Å²) in [4.78, 5) is 0. The second-order valence-electron chi connectivity index (χ2n) is 14.7. The molecule has 270 valence electrons. The lowest BCUT2D eigenvalue weighted by Gasteiger charge is -2.12. The predicted molar refractivity (Wildman–Crippen MR) is 212 cm³/mol. The molecule has 3 aromatic rings. The molecule has 0 aliphatic carbocycles. The summed E-state index contributed by atoms with van der Waals surface area (Å²) in [7, 11) is 0. The maximum absolute atomic E-state index is 6.18.